The van der Waals surface area contributed by atoms with Crippen LogP contribution in [0.15, 0.2) is 0 Å². The van der Waals surface area contributed by atoms with E-state index in [0.29, 0.717) is 32.2 Å². The van der Waals surface area contributed by atoms with Gasteiger partial charge in [0.1, 0.15) is 0 Å². The van der Waals surface area contributed by atoms with Gasteiger partial charge in [-0.2, -0.15) is 0 Å². The van der Waals surface area contributed by atoms with Crippen LogP contribution in [0.4, 0.5) is 0 Å². The molecule has 0 aromatic heterocycles. The topological polar surface area (TPSA) is 20.3 Å². The molecule has 2 nitrogen and oxygen atoms in total. The van der Waals surface area contributed by atoms with Crippen molar-refractivity contribution in [2.45, 2.75) is 35.4 Å². The molecule has 0 amide bonds. The van der Waals surface area contributed by atoms with E-state index in [1.807, 2.05) is 0 Å². The second-order valence-corrected chi connectivity index (χ2v) is 10.00. The van der Waals surface area contributed by atoms with E-state index >= 15 is 0 Å². The summed E-state index contributed by atoms with van der Waals surface area (Å²) in [7, 11) is 5.91. The summed E-state index contributed by atoms with van der Waals surface area (Å²) >= 11 is 2.61. The average Bonchev–Trinajstić information content (AvgIpc) is 2.24. The number of ketones is 1. The van der Waals surface area contributed by atoms with Crippen molar-refractivity contribution in [3.8, 4) is 0 Å². The Balaban J connectivity index is 3.82. The SMILES string of the molecule is C[I-]C(C)CCC(=O)CC(CN(C)C)SI. The van der Waals surface area contributed by atoms with Crippen LogP contribution in [-0.2, 0) is 4.79 Å². The number of alkyl halides is 2. The van der Waals surface area contributed by atoms with Crippen molar-refractivity contribution >= 4 is 35.9 Å². The Bertz CT molecular complexity index is 202. The van der Waals surface area contributed by atoms with Gasteiger partial charge in [0, 0.05) is 0 Å². The molecular formula is C11H22I2NOS-. The third-order valence-electron chi connectivity index (χ3n) is 2.34. The Morgan fingerprint density at radius 2 is 2.12 bits per heavy atom. The quantitative estimate of drug-likeness (QED) is 0.346. The summed E-state index contributed by atoms with van der Waals surface area (Å²) < 4.78 is 0.794. The molecule has 0 aliphatic carbocycles. The molecule has 0 aliphatic heterocycles. The number of hydrogen-bond acceptors (Lipinski definition) is 3. The van der Waals surface area contributed by atoms with Crippen LogP contribution in [0, 0.1) is 0 Å². The number of hydrogen-bond donors (Lipinski definition) is 0. The maximum atomic E-state index is 11.8. The second kappa shape index (κ2) is 10.4. The molecule has 98 valence electrons. The van der Waals surface area contributed by atoms with E-state index in [1.54, 1.807) is 8.93 Å². The van der Waals surface area contributed by atoms with E-state index in [-0.39, 0.29) is 0 Å². The van der Waals surface area contributed by atoms with Crippen molar-refractivity contribution in [2.75, 3.05) is 25.6 Å². The maximum absolute atomic E-state index is 11.8. The second-order valence-electron chi connectivity index (χ2n) is 4.25. The van der Waals surface area contributed by atoms with E-state index < -0.39 is 0 Å². The summed E-state index contributed by atoms with van der Waals surface area (Å²) in [4.78, 5) is 16.2. The molecule has 0 bridgehead atoms. The first-order valence-corrected chi connectivity index (χ1v) is 12.2. The van der Waals surface area contributed by atoms with Gasteiger partial charge >= 0.3 is 128 Å². The minimum atomic E-state index is 0.306. The van der Waals surface area contributed by atoms with Crippen molar-refractivity contribution in [3.05, 3.63) is 0 Å². The summed E-state index contributed by atoms with van der Waals surface area (Å²) in [6.45, 7) is 3.26. The van der Waals surface area contributed by atoms with Crippen molar-refractivity contribution in [3.63, 3.8) is 0 Å². The van der Waals surface area contributed by atoms with Crippen LogP contribution in [-0.4, -0.2) is 45.4 Å². The normalized spacial score (nSPS) is 15.4. The van der Waals surface area contributed by atoms with E-state index in [4.69, 9.17) is 0 Å². The van der Waals surface area contributed by atoms with Gasteiger partial charge in [-0.05, 0) is 0 Å². The summed E-state index contributed by atoms with van der Waals surface area (Å²) in [5, 5.41) is 0.453. The molecular weight excluding hydrogens is 448 g/mol. The van der Waals surface area contributed by atoms with Gasteiger partial charge in [0.2, 0.25) is 0 Å². The van der Waals surface area contributed by atoms with Gasteiger partial charge in [0.25, 0.3) is 0 Å². The standard InChI is InChI=1S/C11H22I2NOS/c1-9(13-2)5-6-10(15)7-11(16-12)8-14(3)4/h9,11H,5-8H2,1-4H3/q-1. The third kappa shape index (κ3) is 9.47. The van der Waals surface area contributed by atoms with Crippen molar-refractivity contribution < 1.29 is 26.0 Å². The first-order chi connectivity index (χ1) is 7.49. The molecule has 0 spiro atoms. The Kier molecular flexibility index (Phi) is 11.3. The van der Waals surface area contributed by atoms with Gasteiger partial charge in [-0.1, -0.05) is 0 Å². The van der Waals surface area contributed by atoms with Crippen molar-refractivity contribution in [1.29, 1.82) is 0 Å². The Labute approximate surface area is 127 Å². The van der Waals surface area contributed by atoms with E-state index in [2.05, 4.69) is 52.1 Å². The van der Waals surface area contributed by atoms with Gasteiger partial charge in [0.15, 0.2) is 0 Å². The molecule has 0 heterocycles. The van der Waals surface area contributed by atoms with Gasteiger partial charge < -0.3 is 0 Å². The zero-order valence-electron chi connectivity index (χ0n) is 10.5. The number of rotatable bonds is 9. The predicted octanol–water partition coefficient (Wildman–Crippen LogP) is -0.153. The van der Waals surface area contributed by atoms with E-state index in [0.717, 1.165) is 29.7 Å². The summed E-state index contributed by atoms with van der Waals surface area (Å²) in [5.41, 5.74) is 0. The van der Waals surface area contributed by atoms with Gasteiger partial charge in [-0.25, -0.2) is 0 Å². The predicted molar refractivity (Wildman–Crippen MR) is 78.2 cm³/mol. The number of carbonyl (C=O) groups is 1. The molecule has 0 radical (unpaired) electrons. The molecule has 0 saturated heterocycles. The number of Topliss-reactive ketones (excluding diaryl/α,β-unsaturated/α-hetero) is 1. The van der Waals surface area contributed by atoms with Crippen LogP contribution in [0.5, 0.6) is 0 Å². The molecule has 2 atom stereocenters. The molecule has 5 heteroatoms. The molecule has 2 unspecified atom stereocenters. The van der Waals surface area contributed by atoms with Gasteiger partial charge in [-0.15, -0.1) is 0 Å². The fraction of sp³-hybridized carbons (Fsp3) is 0.909. The Hall–Kier alpha value is 1.44. The average molecular weight is 470 g/mol. The molecule has 0 fully saturated rings. The number of carbonyl (C=O) groups excluding carboxylic acids is 1. The first kappa shape index (κ1) is 17.4. The Morgan fingerprint density at radius 1 is 1.50 bits per heavy atom. The Morgan fingerprint density at radius 3 is 2.56 bits per heavy atom. The zero-order chi connectivity index (χ0) is 12.6. The van der Waals surface area contributed by atoms with Crippen LogP contribution < -0.4 is 21.2 Å². The monoisotopic (exact) mass is 470 g/mol. The van der Waals surface area contributed by atoms with Gasteiger partial charge in [-0.3, -0.25) is 0 Å². The fourth-order valence-electron chi connectivity index (χ4n) is 1.36. The van der Waals surface area contributed by atoms with E-state index in [9.17, 15) is 4.79 Å². The number of nitrogens with zero attached hydrogens (tertiary/aromatic N) is 1. The summed E-state index contributed by atoms with van der Waals surface area (Å²) in [5.74, 6) is 0.445. The van der Waals surface area contributed by atoms with E-state index in [1.165, 1.54) is 0 Å². The molecule has 16 heavy (non-hydrogen) atoms. The van der Waals surface area contributed by atoms with Crippen molar-refractivity contribution in [1.82, 2.24) is 4.90 Å². The zero-order valence-corrected chi connectivity index (χ0v) is 15.6. The summed E-state index contributed by atoms with van der Waals surface area (Å²) in [6, 6.07) is 0. The molecule has 0 saturated carbocycles. The van der Waals surface area contributed by atoms with Crippen LogP contribution in [0.1, 0.15) is 26.2 Å². The van der Waals surface area contributed by atoms with Crippen LogP contribution >= 0.6 is 30.1 Å². The van der Waals surface area contributed by atoms with Crippen molar-refractivity contribution in [2.24, 2.45) is 0 Å². The fourth-order valence-corrected chi connectivity index (χ4v) is 3.92. The third-order valence-corrected chi connectivity index (χ3v) is 7.82. The summed E-state index contributed by atoms with van der Waals surface area (Å²) in [6.07, 6.45) is 2.62. The minimum absolute atomic E-state index is 0.306. The molecule has 0 N–H and O–H groups in total. The van der Waals surface area contributed by atoms with Crippen LogP contribution in [0.25, 0.3) is 0 Å². The van der Waals surface area contributed by atoms with Gasteiger partial charge in [0.05, 0.1) is 0 Å². The molecule has 0 rings (SSSR count). The molecule has 0 aromatic carbocycles. The molecule has 0 aromatic rings. The van der Waals surface area contributed by atoms with Crippen LogP contribution in [0.3, 0.4) is 0 Å². The first-order valence-electron chi connectivity index (χ1n) is 5.41. The van der Waals surface area contributed by atoms with Crippen LogP contribution in [0.2, 0.25) is 0 Å². The molecule has 0 aliphatic rings. The number of halogens is 2.